The predicted octanol–water partition coefficient (Wildman–Crippen LogP) is 2.84. The Bertz CT molecular complexity index is 1250. The summed E-state index contributed by atoms with van der Waals surface area (Å²) in [4.78, 5) is 40.6. The molecule has 3 amide bonds. The second-order valence-electron chi connectivity index (χ2n) is 8.72. The summed E-state index contributed by atoms with van der Waals surface area (Å²) in [7, 11) is 1.44. The molecule has 3 rings (SSSR count). The summed E-state index contributed by atoms with van der Waals surface area (Å²) in [5.74, 6) is -1.72. The highest BCUT2D eigenvalue weighted by Crippen LogP contribution is 2.38. The van der Waals surface area contributed by atoms with Crippen LogP contribution in [0.15, 0.2) is 48.5 Å². The minimum Gasteiger partial charge on any atom is -0.508 e. The molecule has 0 unspecified atom stereocenters. The number of carbonyl (C=O) groups excluding carboxylic acids is 3. The average Bonchev–Trinajstić information content (AvgIpc) is 3.18. The van der Waals surface area contributed by atoms with Crippen LogP contribution in [0.5, 0.6) is 11.5 Å². The van der Waals surface area contributed by atoms with Gasteiger partial charge in [-0.2, -0.15) is 4.37 Å². The molecule has 0 spiro atoms. The topological polar surface area (TPSA) is 161 Å². The van der Waals surface area contributed by atoms with E-state index in [1.165, 1.54) is 24.1 Å². The van der Waals surface area contributed by atoms with E-state index in [2.05, 4.69) is 9.69 Å². The zero-order valence-corrected chi connectivity index (χ0v) is 20.6. The monoisotopic (exact) mass is 497 g/mol. The Labute approximate surface area is 206 Å². The first-order valence-corrected chi connectivity index (χ1v) is 11.3. The number of para-hydroxylation sites is 2. The fraction of sp³-hybridized carbons (Fsp3) is 0.250. The number of aromatic hydroxyl groups is 1. The van der Waals surface area contributed by atoms with Crippen LogP contribution in [0, 0.1) is 0 Å². The number of anilines is 2. The molecule has 1 atom stereocenters. The highest BCUT2D eigenvalue weighted by atomic mass is 32.1. The van der Waals surface area contributed by atoms with E-state index >= 15 is 0 Å². The molecule has 0 aliphatic rings. The number of amides is 3. The van der Waals surface area contributed by atoms with E-state index in [9.17, 15) is 19.5 Å². The molecule has 0 saturated heterocycles. The van der Waals surface area contributed by atoms with Crippen LogP contribution in [0.2, 0.25) is 0 Å². The van der Waals surface area contributed by atoms with Crippen molar-refractivity contribution < 1.29 is 24.2 Å². The molecule has 10 nitrogen and oxygen atoms in total. The Morgan fingerprint density at radius 3 is 2.29 bits per heavy atom. The normalized spacial score (nSPS) is 12.0. The van der Waals surface area contributed by atoms with Crippen LogP contribution in [-0.2, 0) is 4.79 Å². The number of phenols is 1. The Hall–Kier alpha value is -4.12. The first-order chi connectivity index (χ1) is 16.4. The third-order valence-corrected chi connectivity index (χ3v) is 5.78. The first kappa shape index (κ1) is 25.5. The van der Waals surface area contributed by atoms with Gasteiger partial charge in [-0.05, 0) is 62.1 Å². The zero-order valence-electron chi connectivity index (χ0n) is 19.7. The number of primary amides is 1. The number of hydrogen-bond donors (Lipinski definition) is 4. The van der Waals surface area contributed by atoms with Crippen molar-refractivity contribution in [2.45, 2.75) is 32.4 Å². The van der Waals surface area contributed by atoms with Crippen LogP contribution in [0.25, 0.3) is 0 Å². The molecule has 0 aliphatic heterocycles. The lowest BCUT2D eigenvalue weighted by Crippen LogP contribution is -2.49. The van der Waals surface area contributed by atoms with E-state index < -0.39 is 29.3 Å². The molecule has 6 N–H and O–H groups in total. The van der Waals surface area contributed by atoms with E-state index in [0.717, 1.165) is 0 Å². The number of ether oxygens (including phenoxy) is 1. The van der Waals surface area contributed by atoms with Gasteiger partial charge in [-0.25, -0.2) is 0 Å². The predicted molar refractivity (Wildman–Crippen MR) is 134 cm³/mol. The number of aromatic nitrogens is 1. The van der Waals surface area contributed by atoms with Gasteiger partial charge in [0.15, 0.2) is 5.69 Å². The van der Waals surface area contributed by atoms with Gasteiger partial charge in [0.25, 0.3) is 11.8 Å². The van der Waals surface area contributed by atoms with Crippen molar-refractivity contribution in [3.05, 3.63) is 64.7 Å². The molecular weight excluding hydrogens is 470 g/mol. The van der Waals surface area contributed by atoms with Crippen LogP contribution in [0.4, 0.5) is 11.4 Å². The summed E-state index contributed by atoms with van der Waals surface area (Å²) < 4.78 is 9.42. The summed E-state index contributed by atoms with van der Waals surface area (Å²) in [6, 6.07) is 11.4. The Balaban J connectivity index is 2.28. The molecule has 0 fully saturated rings. The minimum absolute atomic E-state index is 0.00306. The quantitative estimate of drug-likeness (QED) is 0.390. The number of benzene rings is 2. The number of nitrogen functional groups attached to an aromatic ring is 1. The summed E-state index contributed by atoms with van der Waals surface area (Å²) >= 11 is 0.709. The van der Waals surface area contributed by atoms with Crippen molar-refractivity contribution in [1.29, 1.82) is 0 Å². The van der Waals surface area contributed by atoms with Gasteiger partial charge in [0, 0.05) is 5.54 Å². The van der Waals surface area contributed by atoms with Gasteiger partial charge in [0.05, 0.1) is 18.5 Å². The number of methoxy groups -OCH3 is 1. The van der Waals surface area contributed by atoms with Crippen molar-refractivity contribution in [2.75, 3.05) is 17.7 Å². The number of nitrogens with one attached hydrogen (secondary N) is 1. The number of carbonyl (C=O) groups is 3. The van der Waals surface area contributed by atoms with Crippen LogP contribution in [0.1, 0.15) is 52.5 Å². The van der Waals surface area contributed by atoms with Gasteiger partial charge in [0.2, 0.25) is 5.91 Å². The van der Waals surface area contributed by atoms with Crippen LogP contribution in [0.3, 0.4) is 0 Å². The molecule has 0 saturated carbocycles. The highest BCUT2D eigenvalue weighted by molar-refractivity contribution is 7.09. The minimum atomic E-state index is -1.20. The second kappa shape index (κ2) is 10.0. The molecule has 0 radical (unpaired) electrons. The summed E-state index contributed by atoms with van der Waals surface area (Å²) in [5.41, 5.74) is 11.1. The van der Waals surface area contributed by atoms with Crippen LogP contribution in [-0.4, -0.2) is 39.9 Å². The lowest BCUT2D eigenvalue weighted by molar-refractivity contribution is -0.123. The molecule has 3 aromatic rings. The molecule has 2 aromatic carbocycles. The van der Waals surface area contributed by atoms with E-state index in [1.54, 1.807) is 36.4 Å². The second-order valence-corrected chi connectivity index (χ2v) is 9.49. The standard InChI is InChI=1S/C24H27N5O5S/c1-24(2,3)27-22(32)19(13-9-11-14(30)12-10-13)29(15-7-5-6-8-16(15)34-4)23(33)20-17(25)18(21(26)31)28-35-20/h5-12,19,30H,25H2,1-4H3,(H2,26,31)(H,27,32)/t19-/m0/s1. The zero-order chi connectivity index (χ0) is 25.9. The van der Waals surface area contributed by atoms with Gasteiger partial charge in [-0.1, -0.05) is 24.3 Å². The molecule has 35 heavy (non-hydrogen) atoms. The smallest absolute Gasteiger partial charge is 0.273 e. The Morgan fingerprint density at radius 1 is 1.11 bits per heavy atom. The number of hydrogen-bond acceptors (Lipinski definition) is 8. The van der Waals surface area contributed by atoms with Crippen molar-refractivity contribution in [3.63, 3.8) is 0 Å². The molecule has 0 aliphatic carbocycles. The molecule has 1 aromatic heterocycles. The molecule has 11 heteroatoms. The van der Waals surface area contributed by atoms with Crippen molar-refractivity contribution >= 4 is 40.6 Å². The van der Waals surface area contributed by atoms with E-state index in [0.29, 0.717) is 22.8 Å². The number of phenolic OH excluding ortho intramolecular Hbond substituents is 1. The highest BCUT2D eigenvalue weighted by Gasteiger charge is 2.38. The molecular formula is C24H27N5O5S. The Kier molecular flexibility index (Phi) is 7.30. The fourth-order valence-corrected chi connectivity index (χ4v) is 4.19. The van der Waals surface area contributed by atoms with Gasteiger partial charge in [-0.3, -0.25) is 19.3 Å². The number of rotatable bonds is 7. The SMILES string of the molecule is COc1ccccc1N(C(=O)c1snc(C(N)=O)c1N)[C@H](C(=O)NC(C)(C)C)c1ccc(O)cc1. The van der Waals surface area contributed by atoms with Crippen molar-refractivity contribution in [3.8, 4) is 11.5 Å². The maximum atomic E-state index is 14.0. The lowest BCUT2D eigenvalue weighted by atomic mass is 10.00. The van der Waals surface area contributed by atoms with Crippen molar-refractivity contribution in [1.82, 2.24) is 9.69 Å². The van der Waals surface area contributed by atoms with Crippen LogP contribution < -0.4 is 26.4 Å². The average molecular weight is 498 g/mol. The molecule has 184 valence electrons. The van der Waals surface area contributed by atoms with E-state index in [4.69, 9.17) is 16.2 Å². The Morgan fingerprint density at radius 2 is 1.74 bits per heavy atom. The summed E-state index contributed by atoms with van der Waals surface area (Å²) in [5, 5.41) is 12.7. The molecule has 1 heterocycles. The van der Waals surface area contributed by atoms with Gasteiger partial charge in [0.1, 0.15) is 22.4 Å². The lowest BCUT2D eigenvalue weighted by Gasteiger charge is -2.34. The van der Waals surface area contributed by atoms with Gasteiger partial charge in [-0.15, -0.1) is 0 Å². The fourth-order valence-electron chi connectivity index (χ4n) is 3.45. The maximum absolute atomic E-state index is 14.0. The van der Waals surface area contributed by atoms with E-state index in [1.807, 2.05) is 20.8 Å². The summed E-state index contributed by atoms with van der Waals surface area (Å²) in [6.07, 6.45) is 0. The number of nitrogens with two attached hydrogens (primary N) is 2. The van der Waals surface area contributed by atoms with Crippen LogP contribution >= 0.6 is 11.5 Å². The number of nitrogens with zero attached hydrogens (tertiary/aromatic N) is 2. The van der Waals surface area contributed by atoms with Crippen molar-refractivity contribution in [2.24, 2.45) is 5.73 Å². The first-order valence-electron chi connectivity index (χ1n) is 10.6. The molecule has 0 bridgehead atoms. The third-order valence-electron chi connectivity index (χ3n) is 4.93. The summed E-state index contributed by atoms with van der Waals surface area (Å²) in [6.45, 7) is 5.44. The largest absolute Gasteiger partial charge is 0.508 e. The van der Waals surface area contributed by atoms with E-state index in [-0.39, 0.29) is 27.7 Å². The van der Waals surface area contributed by atoms with Gasteiger partial charge >= 0.3 is 0 Å². The maximum Gasteiger partial charge on any atom is 0.273 e. The third kappa shape index (κ3) is 5.52. The van der Waals surface area contributed by atoms with Gasteiger partial charge < -0.3 is 26.6 Å².